The van der Waals surface area contributed by atoms with Crippen molar-refractivity contribution in [2.45, 2.75) is 102 Å². The lowest BCUT2D eigenvalue weighted by Gasteiger charge is -2.57. The SMILES string of the molecule is CCc1c(F)ccc2cc(O)cc(-c3ncc4c(N5CCC[C@@](C)(O)C5)nc(OCC5(CN6CCC(N7CC8(CCN(c9cc(F)c(C%10CCC(=O)NC%10=O)c(F)c9)CC8)C7)CC6)CC5)nc4c3F)c12. The molecule has 5 aliphatic heterocycles. The smallest absolute Gasteiger partial charge is 0.319 e. The maximum atomic E-state index is 17.1. The number of carbonyl (C=O) groups excluding carboxylic acids is 2. The number of anilines is 2. The number of nitrogens with zero attached hydrogens (tertiary/aromatic N) is 7. The Morgan fingerprint density at radius 1 is 0.857 bits per heavy atom. The number of aryl methyl sites for hydroxylation is 1. The molecule has 11 rings (SSSR count). The van der Waals surface area contributed by atoms with Gasteiger partial charge in [-0.2, -0.15) is 9.97 Å². The molecule has 0 radical (unpaired) electrons. The number of phenols is 1. The second kappa shape index (κ2) is 17.9. The van der Waals surface area contributed by atoms with Gasteiger partial charge in [0.15, 0.2) is 5.82 Å². The quantitative estimate of drug-likeness (QED) is 0.0878. The molecule has 7 heterocycles. The maximum Gasteiger partial charge on any atom is 0.319 e. The Balaban J connectivity index is 0.730. The number of amides is 2. The van der Waals surface area contributed by atoms with Crippen molar-refractivity contribution in [2.75, 3.05) is 75.3 Å². The molecule has 1 aliphatic carbocycles. The number of likely N-dealkylation sites (tertiary alicyclic amines) is 2. The van der Waals surface area contributed by atoms with Gasteiger partial charge in [-0.1, -0.05) is 13.0 Å². The molecule has 70 heavy (non-hydrogen) atoms. The summed E-state index contributed by atoms with van der Waals surface area (Å²) in [4.78, 5) is 47.2. The minimum absolute atomic E-state index is 0.00416. The van der Waals surface area contributed by atoms with Gasteiger partial charge < -0.3 is 29.6 Å². The van der Waals surface area contributed by atoms with Crippen LogP contribution in [0.15, 0.2) is 42.6 Å². The predicted molar refractivity (Wildman–Crippen MR) is 257 cm³/mol. The maximum absolute atomic E-state index is 17.1. The number of β-amino-alcohol motifs (C(OH)–C–C–N with tert-alkyl or cyclic N) is 1. The van der Waals surface area contributed by atoms with Crippen LogP contribution in [0.2, 0.25) is 0 Å². The predicted octanol–water partition coefficient (Wildman–Crippen LogP) is 7.77. The molecule has 1 unspecified atom stereocenters. The van der Waals surface area contributed by atoms with Gasteiger partial charge in [0, 0.05) is 86.7 Å². The largest absolute Gasteiger partial charge is 0.508 e. The summed E-state index contributed by atoms with van der Waals surface area (Å²) in [6.45, 7) is 11.1. The molecule has 2 atom stereocenters. The van der Waals surface area contributed by atoms with Gasteiger partial charge >= 0.3 is 6.01 Å². The number of imide groups is 1. The number of phenolic OH excluding ortho intramolecular Hbond substituents is 1. The number of aromatic hydroxyl groups is 1. The highest BCUT2D eigenvalue weighted by Crippen LogP contribution is 2.49. The van der Waals surface area contributed by atoms with E-state index in [1.54, 1.807) is 13.0 Å². The van der Waals surface area contributed by atoms with Crippen molar-refractivity contribution in [3.63, 3.8) is 0 Å². The molecule has 5 saturated heterocycles. The Kier molecular flexibility index (Phi) is 11.9. The fourth-order valence-electron chi connectivity index (χ4n) is 12.3. The lowest BCUT2D eigenvalue weighted by Crippen LogP contribution is -2.64. The first-order valence-corrected chi connectivity index (χ1v) is 25.0. The molecule has 6 aliphatic rings. The minimum atomic E-state index is -1.02. The number of aliphatic hydroxyl groups is 1. The second-order valence-corrected chi connectivity index (χ2v) is 21.5. The second-order valence-electron chi connectivity index (χ2n) is 21.5. The molecule has 2 aromatic heterocycles. The zero-order valence-electron chi connectivity index (χ0n) is 39.8. The number of halogens is 4. The summed E-state index contributed by atoms with van der Waals surface area (Å²) in [7, 11) is 0. The molecule has 13 nitrogen and oxygen atoms in total. The Bertz CT molecular complexity index is 2870. The molecule has 17 heteroatoms. The van der Waals surface area contributed by atoms with E-state index in [4.69, 9.17) is 9.72 Å². The van der Waals surface area contributed by atoms with E-state index in [0.29, 0.717) is 84.8 Å². The number of piperidine rings is 4. The van der Waals surface area contributed by atoms with Gasteiger partial charge in [-0.3, -0.25) is 24.8 Å². The summed E-state index contributed by atoms with van der Waals surface area (Å²) < 4.78 is 69.4. The molecule has 6 fully saturated rings. The standard InChI is InChI=1S/C53H60F4N8O5/c1-3-35-39(54)7-5-31-21-34(66)24-37(43(31)35)46-45(57)47-38(25-58-46)48(64-16-4-11-51(2,69)26-64)61-50(60-47)70-30-53(12-13-53)27-62-17-9-32(10-18-62)65-28-52(29-65)14-19-63(20-15-52)33-22-40(55)44(41(56)23-33)36-6-8-42(67)59-49(36)68/h5,7,21-25,32,36,66,69H,3-4,6,8-20,26-30H2,1-2H3,(H,59,67,68)/t36?,51-/m1/s1. The summed E-state index contributed by atoms with van der Waals surface area (Å²) in [5, 5.41) is 25.4. The number of benzene rings is 3. The molecule has 0 bridgehead atoms. The van der Waals surface area contributed by atoms with Gasteiger partial charge in [0.2, 0.25) is 11.8 Å². The van der Waals surface area contributed by atoms with E-state index in [1.807, 2.05) is 16.7 Å². The summed E-state index contributed by atoms with van der Waals surface area (Å²) in [5.74, 6) is -4.43. The first-order chi connectivity index (χ1) is 33.6. The lowest BCUT2D eigenvalue weighted by atomic mass is 9.70. The van der Waals surface area contributed by atoms with Crippen LogP contribution in [-0.2, 0) is 16.0 Å². The molecule has 370 valence electrons. The third kappa shape index (κ3) is 8.79. The molecular formula is C53H60F4N8O5. The topological polar surface area (TPSA) is 147 Å². The van der Waals surface area contributed by atoms with Crippen LogP contribution in [0.3, 0.4) is 0 Å². The monoisotopic (exact) mass is 964 g/mol. The zero-order valence-corrected chi connectivity index (χ0v) is 39.8. The molecule has 5 aromatic rings. The van der Waals surface area contributed by atoms with Gasteiger partial charge in [0.05, 0.1) is 23.5 Å². The van der Waals surface area contributed by atoms with E-state index in [1.165, 1.54) is 36.5 Å². The number of rotatable bonds is 11. The number of hydrogen-bond acceptors (Lipinski definition) is 12. The third-order valence-corrected chi connectivity index (χ3v) is 16.4. The molecule has 2 amide bonds. The highest BCUT2D eigenvalue weighted by molar-refractivity contribution is 6.02. The van der Waals surface area contributed by atoms with Crippen molar-refractivity contribution in [1.82, 2.24) is 30.1 Å². The first-order valence-electron chi connectivity index (χ1n) is 25.0. The first kappa shape index (κ1) is 46.7. The van der Waals surface area contributed by atoms with Crippen molar-refractivity contribution in [3.05, 3.63) is 77.0 Å². The van der Waals surface area contributed by atoms with Gasteiger partial charge in [-0.25, -0.2) is 17.6 Å². The van der Waals surface area contributed by atoms with E-state index >= 15 is 17.6 Å². The highest BCUT2D eigenvalue weighted by atomic mass is 19.1. The number of ether oxygens (including phenoxy) is 1. The molecule has 1 spiro atoms. The van der Waals surface area contributed by atoms with Gasteiger partial charge in [0.1, 0.15) is 40.2 Å². The van der Waals surface area contributed by atoms with E-state index in [0.717, 1.165) is 71.2 Å². The number of nitrogens with one attached hydrogen (secondary N) is 1. The van der Waals surface area contributed by atoms with Crippen LogP contribution in [-0.4, -0.2) is 124 Å². The van der Waals surface area contributed by atoms with Crippen LogP contribution >= 0.6 is 0 Å². The van der Waals surface area contributed by atoms with Crippen molar-refractivity contribution >= 4 is 45.0 Å². The highest BCUT2D eigenvalue weighted by Gasteiger charge is 2.49. The summed E-state index contributed by atoms with van der Waals surface area (Å²) in [6.07, 6.45) is 9.30. The lowest BCUT2D eigenvalue weighted by molar-refractivity contribution is -0.134. The number of aromatic nitrogens is 3. The molecular weight excluding hydrogens is 905 g/mol. The van der Waals surface area contributed by atoms with Crippen LogP contribution in [0.25, 0.3) is 32.9 Å². The van der Waals surface area contributed by atoms with Crippen LogP contribution in [0, 0.1) is 34.1 Å². The summed E-state index contributed by atoms with van der Waals surface area (Å²) in [5.41, 5.74) is -0.0719. The fraction of sp³-hybridized carbons (Fsp3) is 0.528. The average Bonchev–Trinajstić information content (AvgIpc) is 4.09. The Morgan fingerprint density at radius 2 is 1.60 bits per heavy atom. The van der Waals surface area contributed by atoms with Crippen LogP contribution < -0.4 is 19.9 Å². The van der Waals surface area contributed by atoms with Crippen molar-refractivity contribution < 1.29 is 42.1 Å². The minimum Gasteiger partial charge on any atom is -0.508 e. The zero-order chi connectivity index (χ0) is 48.7. The van der Waals surface area contributed by atoms with E-state index < -0.39 is 46.6 Å². The van der Waals surface area contributed by atoms with Gasteiger partial charge in [0.25, 0.3) is 0 Å². The molecule has 1 saturated carbocycles. The van der Waals surface area contributed by atoms with E-state index in [9.17, 15) is 19.8 Å². The van der Waals surface area contributed by atoms with Gasteiger partial charge in [-0.15, -0.1) is 0 Å². The van der Waals surface area contributed by atoms with Crippen molar-refractivity contribution in [3.8, 4) is 23.0 Å². The van der Waals surface area contributed by atoms with Gasteiger partial charge in [-0.05, 0) is 136 Å². The third-order valence-electron chi connectivity index (χ3n) is 16.4. The molecule has 3 aromatic carbocycles. The Labute approximate surface area is 404 Å². The van der Waals surface area contributed by atoms with E-state index in [-0.39, 0.29) is 64.3 Å². The summed E-state index contributed by atoms with van der Waals surface area (Å²) in [6, 6.07) is 9.06. The number of fused-ring (bicyclic) bond motifs is 2. The number of carbonyl (C=O) groups is 2. The van der Waals surface area contributed by atoms with Crippen LogP contribution in [0.1, 0.15) is 95.1 Å². The fourth-order valence-corrected chi connectivity index (χ4v) is 12.3. The van der Waals surface area contributed by atoms with Crippen LogP contribution in [0.4, 0.5) is 29.1 Å². The Morgan fingerprint density at radius 3 is 2.29 bits per heavy atom. The average molecular weight is 965 g/mol. The van der Waals surface area contributed by atoms with Crippen molar-refractivity contribution in [1.29, 1.82) is 0 Å². The Hall–Kier alpha value is -5.65. The molecule has 3 N–H and O–H groups in total. The summed E-state index contributed by atoms with van der Waals surface area (Å²) >= 11 is 0. The van der Waals surface area contributed by atoms with Crippen LogP contribution in [0.5, 0.6) is 11.8 Å². The number of pyridine rings is 1. The van der Waals surface area contributed by atoms with Crippen molar-refractivity contribution in [2.24, 2.45) is 10.8 Å². The van der Waals surface area contributed by atoms with E-state index in [2.05, 4.69) is 25.1 Å². The normalized spacial score (nSPS) is 24.1. The number of hydrogen-bond donors (Lipinski definition) is 3.